The second-order valence-electron chi connectivity index (χ2n) is 6.72. The number of halogens is 1. The number of benzene rings is 1. The van der Waals surface area contributed by atoms with Crippen LogP contribution in [0.3, 0.4) is 0 Å². The van der Waals surface area contributed by atoms with Gasteiger partial charge in [0.05, 0.1) is 6.54 Å². The topological polar surface area (TPSA) is 141 Å². The molecule has 1 fully saturated rings. The zero-order chi connectivity index (χ0) is 21.7. The number of carbonyl (C=O) groups excluding carboxylic acids is 3. The van der Waals surface area contributed by atoms with Crippen molar-refractivity contribution in [3.8, 4) is 0 Å². The Balaban J connectivity index is 1.65. The quantitative estimate of drug-likeness (QED) is 0.358. The van der Waals surface area contributed by atoms with E-state index in [1.807, 2.05) is 0 Å². The van der Waals surface area contributed by atoms with Crippen LogP contribution in [-0.4, -0.2) is 52.4 Å². The normalized spacial score (nSPS) is 15.5. The van der Waals surface area contributed by atoms with Crippen LogP contribution < -0.4 is 16.4 Å². The van der Waals surface area contributed by atoms with Crippen molar-refractivity contribution in [3.63, 3.8) is 0 Å². The van der Waals surface area contributed by atoms with Gasteiger partial charge in [-0.05, 0) is 47.0 Å². The van der Waals surface area contributed by atoms with E-state index in [2.05, 4.69) is 31.5 Å². The third kappa shape index (κ3) is 5.01. The standard InChI is InChI=1S/C20H21BrN6O3/c21-15-8-3-9-16(25-15)26-20(30)14-7-4-10-27(14)17(28)11-24-13-6-2-1-5-12(13)18(22)19(23)29/h1-3,5-6,8-9,14,22,24H,4,7,10-11H2,(H2,23,29)(H,25,26,30)/t14-/m0/s1. The third-order valence-corrected chi connectivity index (χ3v) is 5.16. The van der Waals surface area contributed by atoms with Gasteiger partial charge in [0.1, 0.15) is 22.2 Å². The highest BCUT2D eigenvalue weighted by Gasteiger charge is 2.34. The fraction of sp³-hybridized carbons (Fsp3) is 0.250. The summed E-state index contributed by atoms with van der Waals surface area (Å²) in [5.74, 6) is -0.990. The summed E-state index contributed by atoms with van der Waals surface area (Å²) in [7, 11) is 0. The van der Waals surface area contributed by atoms with E-state index >= 15 is 0 Å². The summed E-state index contributed by atoms with van der Waals surface area (Å²) in [6.07, 6.45) is 1.28. The van der Waals surface area contributed by atoms with Gasteiger partial charge in [-0.15, -0.1) is 0 Å². The van der Waals surface area contributed by atoms with Crippen molar-refractivity contribution in [1.29, 1.82) is 5.41 Å². The minimum Gasteiger partial charge on any atom is -0.376 e. The lowest BCUT2D eigenvalue weighted by Crippen LogP contribution is -2.45. The number of primary amides is 1. The van der Waals surface area contributed by atoms with E-state index in [9.17, 15) is 14.4 Å². The Labute approximate surface area is 181 Å². The average Bonchev–Trinajstić information content (AvgIpc) is 3.22. The molecule has 0 unspecified atom stereocenters. The Kier molecular flexibility index (Phi) is 6.78. The van der Waals surface area contributed by atoms with Gasteiger partial charge in [0, 0.05) is 17.8 Å². The molecule has 0 aliphatic carbocycles. The fourth-order valence-corrected chi connectivity index (χ4v) is 3.63. The zero-order valence-corrected chi connectivity index (χ0v) is 17.6. The molecule has 9 nitrogen and oxygen atoms in total. The molecule has 2 heterocycles. The molecule has 1 aromatic heterocycles. The number of para-hydroxylation sites is 1. The minimum atomic E-state index is -0.854. The van der Waals surface area contributed by atoms with Crippen LogP contribution in [-0.2, 0) is 14.4 Å². The Hall–Kier alpha value is -3.27. The molecule has 0 radical (unpaired) electrons. The number of amides is 3. The van der Waals surface area contributed by atoms with Crippen molar-refractivity contribution >= 4 is 50.9 Å². The van der Waals surface area contributed by atoms with Gasteiger partial charge in [0.25, 0.3) is 5.91 Å². The first-order valence-electron chi connectivity index (χ1n) is 9.31. The van der Waals surface area contributed by atoms with Gasteiger partial charge < -0.3 is 21.3 Å². The van der Waals surface area contributed by atoms with Crippen LogP contribution >= 0.6 is 15.9 Å². The molecule has 1 aliphatic rings. The summed E-state index contributed by atoms with van der Waals surface area (Å²) in [6, 6.07) is 11.2. The van der Waals surface area contributed by atoms with Crippen LogP contribution in [0.15, 0.2) is 47.1 Å². The van der Waals surface area contributed by atoms with Crippen molar-refractivity contribution in [2.75, 3.05) is 23.7 Å². The number of nitrogens with zero attached hydrogens (tertiary/aromatic N) is 2. The number of hydrogen-bond acceptors (Lipinski definition) is 6. The lowest BCUT2D eigenvalue weighted by atomic mass is 10.1. The van der Waals surface area contributed by atoms with E-state index in [0.29, 0.717) is 34.6 Å². The van der Waals surface area contributed by atoms with E-state index in [1.54, 1.807) is 42.5 Å². The van der Waals surface area contributed by atoms with Crippen LogP contribution in [0.2, 0.25) is 0 Å². The highest BCUT2D eigenvalue weighted by atomic mass is 79.9. The first-order chi connectivity index (χ1) is 14.4. The molecule has 0 bridgehead atoms. The Morgan fingerprint density at radius 2 is 1.97 bits per heavy atom. The van der Waals surface area contributed by atoms with Crippen molar-refractivity contribution in [2.24, 2.45) is 5.73 Å². The molecule has 3 rings (SSSR count). The SMILES string of the molecule is N=C(C(N)=O)c1ccccc1NCC(=O)N1CCC[C@H]1C(=O)Nc1cccc(Br)n1. The number of pyridine rings is 1. The van der Waals surface area contributed by atoms with Gasteiger partial charge in [0.15, 0.2) is 0 Å². The predicted octanol–water partition coefficient (Wildman–Crippen LogP) is 1.74. The number of hydrogen-bond donors (Lipinski definition) is 4. The van der Waals surface area contributed by atoms with Gasteiger partial charge in [-0.25, -0.2) is 4.98 Å². The molecule has 1 aliphatic heterocycles. The van der Waals surface area contributed by atoms with E-state index in [0.717, 1.165) is 6.42 Å². The molecule has 0 spiro atoms. The molecular formula is C20H21BrN6O3. The number of anilines is 2. The van der Waals surface area contributed by atoms with Gasteiger partial charge in [-0.2, -0.15) is 0 Å². The summed E-state index contributed by atoms with van der Waals surface area (Å²) in [4.78, 5) is 42.5. The molecule has 156 valence electrons. The smallest absolute Gasteiger partial charge is 0.267 e. The maximum Gasteiger partial charge on any atom is 0.267 e. The summed E-state index contributed by atoms with van der Waals surface area (Å²) < 4.78 is 0.601. The maximum absolute atomic E-state index is 12.8. The maximum atomic E-state index is 12.8. The lowest BCUT2D eigenvalue weighted by molar-refractivity contribution is -0.135. The van der Waals surface area contributed by atoms with Crippen LogP contribution in [0.1, 0.15) is 18.4 Å². The number of nitrogens with two attached hydrogens (primary N) is 1. The molecule has 5 N–H and O–H groups in total. The van der Waals surface area contributed by atoms with Crippen molar-refractivity contribution < 1.29 is 14.4 Å². The first kappa shape index (κ1) is 21.4. The zero-order valence-electron chi connectivity index (χ0n) is 16.0. The number of nitrogens with one attached hydrogen (secondary N) is 3. The second-order valence-corrected chi connectivity index (χ2v) is 7.53. The molecular weight excluding hydrogens is 452 g/mol. The number of likely N-dealkylation sites (tertiary alicyclic amines) is 1. The van der Waals surface area contributed by atoms with E-state index in [4.69, 9.17) is 11.1 Å². The number of rotatable bonds is 7. The fourth-order valence-electron chi connectivity index (χ4n) is 3.29. The van der Waals surface area contributed by atoms with Crippen LogP contribution in [0, 0.1) is 5.41 Å². The third-order valence-electron chi connectivity index (χ3n) is 4.72. The molecule has 30 heavy (non-hydrogen) atoms. The van der Waals surface area contributed by atoms with Crippen molar-refractivity contribution in [3.05, 3.63) is 52.6 Å². The van der Waals surface area contributed by atoms with Crippen molar-refractivity contribution in [2.45, 2.75) is 18.9 Å². The number of carbonyl (C=O) groups is 3. The average molecular weight is 473 g/mol. The Bertz CT molecular complexity index is 996. The Morgan fingerprint density at radius 3 is 2.70 bits per heavy atom. The lowest BCUT2D eigenvalue weighted by Gasteiger charge is -2.24. The molecule has 2 aromatic rings. The molecule has 3 amide bonds. The van der Waals surface area contributed by atoms with Gasteiger partial charge in [-0.3, -0.25) is 19.8 Å². The van der Waals surface area contributed by atoms with Crippen molar-refractivity contribution in [1.82, 2.24) is 9.88 Å². The predicted molar refractivity (Wildman–Crippen MR) is 116 cm³/mol. The van der Waals surface area contributed by atoms with Gasteiger partial charge >= 0.3 is 0 Å². The van der Waals surface area contributed by atoms with Gasteiger partial charge in [0.2, 0.25) is 11.8 Å². The second kappa shape index (κ2) is 9.49. The summed E-state index contributed by atoms with van der Waals surface area (Å²) in [5.41, 5.74) is 5.62. The van der Waals surface area contributed by atoms with E-state index in [1.165, 1.54) is 4.90 Å². The molecule has 10 heteroatoms. The molecule has 0 saturated carbocycles. The van der Waals surface area contributed by atoms with Gasteiger partial charge in [-0.1, -0.05) is 24.3 Å². The van der Waals surface area contributed by atoms with Crippen LogP contribution in [0.4, 0.5) is 11.5 Å². The Morgan fingerprint density at radius 1 is 1.20 bits per heavy atom. The van der Waals surface area contributed by atoms with E-state index < -0.39 is 11.9 Å². The molecule has 1 aromatic carbocycles. The van der Waals surface area contributed by atoms with E-state index in [-0.39, 0.29) is 24.1 Å². The first-order valence-corrected chi connectivity index (χ1v) is 10.1. The highest BCUT2D eigenvalue weighted by Crippen LogP contribution is 2.21. The summed E-state index contributed by atoms with van der Waals surface area (Å²) in [6.45, 7) is 0.394. The number of aromatic nitrogens is 1. The molecule has 1 atom stereocenters. The summed E-state index contributed by atoms with van der Waals surface area (Å²) in [5, 5.41) is 13.5. The van der Waals surface area contributed by atoms with Crippen LogP contribution in [0.25, 0.3) is 0 Å². The monoisotopic (exact) mass is 472 g/mol. The highest BCUT2D eigenvalue weighted by molar-refractivity contribution is 9.10. The minimum absolute atomic E-state index is 0.0814. The summed E-state index contributed by atoms with van der Waals surface area (Å²) >= 11 is 3.26. The molecule has 1 saturated heterocycles. The van der Waals surface area contributed by atoms with Crippen LogP contribution in [0.5, 0.6) is 0 Å². The largest absolute Gasteiger partial charge is 0.376 e.